The maximum atomic E-state index is 6.57. The zero-order valence-corrected chi connectivity index (χ0v) is 18.5. The smallest absolute Gasteiger partial charge is 0.221 e. The lowest BCUT2D eigenvalue weighted by atomic mass is 9.93. The number of benzene rings is 2. The molecule has 5 rings (SSSR count). The first kappa shape index (κ1) is 17.5. The van der Waals surface area contributed by atoms with Crippen molar-refractivity contribution in [2.75, 3.05) is 0 Å². The standard InChI is InChI=1S/C21H16Br2N2OS/c1-21(13-4-6-14(22)7-5-13)25-18(12-17(24-25)20-3-2-10-27-20)16-11-15(23)8-9-19(16)26-21/h2-11,18H,12H2,1H3/t18-,21+/m0/s1. The number of hydrogen-bond donors (Lipinski definition) is 0. The van der Waals surface area contributed by atoms with Gasteiger partial charge in [0, 0.05) is 33.4 Å². The van der Waals surface area contributed by atoms with Gasteiger partial charge in [0.05, 0.1) is 16.6 Å². The Morgan fingerprint density at radius 3 is 2.63 bits per heavy atom. The molecule has 2 atom stereocenters. The molecular formula is C21H16Br2N2OS. The van der Waals surface area contributed by atoms with Crippen LogP contribution >= 0.6 is 43.2 Å². The van der Waals surface area contributed by atoms with E-state index in [1.54, 1.807) is 11.3 Å². The summed E-state index contributed by atoms with van der Waals surface area (Å²) >= 11 is 8.87. The van der Waals surface area contributed by atoms with Gasteiger partial charge in [0.25, 0.3) is 0 Å². The minimum Gasteiger partial charge on any atom is -0.462 e. The van der Waals surface area contributed by atoms with Gasteiger partial charge in [0.2, 0.25) is 5.72 Å². The number of hydrazone groups is 1. The van der Waals surface area contributed by atoms with Crippen LogP contribution < -0.4 is 4.74 Å². The minimum absolute atomic E-state index is 0.150. The van der Waals surface area contributed by atoms with Gasteiger partial charge in [-0.15, -0.1) is 11.3 Å². The maximum absolute atomic E-state index is 6.57. The van der Waals surface area contributed by atoms with E-state index in [1.165, 1.54) is 10.4 Å². The summed E-state index contributed by atoms with van der Waals surface area (Å²) in [5.74, 6) is 0.924. The first-order valence-electron chi connectivity index (χ1n) is 8.70. The fourth-order valence-electron chi connectivity index (χ4n) is 3.82. The highest BCUT2D eigenvalue weighted by Crippen LogP contribution is 2.51. The van der Waals surface area contributed by atoms with Crippen LogP contribution in [-0.2, 0) is 5.72 Å². The largest absolute Gasteiger partial charge is 0.462 e. The highest BCUT2D eigenvalue weighted by Gasteiger charge is 2.48. The highest BCUT2D eigenvalue weighted by molar-refractivity contribution is 9.10. The lowest BCUT2D eigenvalue weighted by molar-refractivity contribution is -0.112. The summed E-state index contributed by atoms with van der Waals surface area (Å²) in [7, 11) is 0. The number of ether oxygens (including phenoxy) is 1. The van der Waals surface area contributed by atoms with E-state index in [0.29, 0.717) is 0 Å². The molecule has 1 aromatic heterocycles. The third-order valence-corrected chi connectivity index (χ3v) is 7.11. The van der Waals surface area contributed by atoms with Crippen LogP contribution in [0.2, 0.25) is 0 Å². The Morgan fingerprint density at radius 1 is 1.11 bits per heavy atom. The Kier molecular flexibility index (Phi) is 4.18. The van der Waals surface area contributed by atoms with E-state index in [2.05, 4.69) is 97.7 Å². The lowest BCUT2D eigenvalue weighted by Crippen LogP contribution is -2.48. The quantitative estimate of drug-likeness (QED) is 0.389. The van der Waals surface area contributed by atoms with E-state index in [-0.39, 0.29) is 6.04 Å². The van der Waals surface area contributed by atoms with E-state index in [0.717, 1.165) is 32.4 Å². The van der Waals surface area contributed by atoms with Crippen molar-refractivity contribution in [1.82, 2.24) is 5.01 Å². The van der Waals surface area contributed by atoms with E-state index in [9.17, 15) is 0 Å². The Hall–Kier alpha value is -1.63. The normalized spacial score (nSPS) is 23.4. The van der Waals surface area contributed by atoms with Crippen molar-refractivity contribution in [3.8, 4) is 5.75 Å². The number of hydrogen-bond acceptors (Lipinski definition) is 4. The molecular weight excluding hydrogens is 488 g/mol. The van der Waals surface area contributed by atoms with Crippen molar-refractivity contribution in [3.05, 3.63) is 84.9 Å². The zero-order valence-electron chi connectivity index (χ0n) is 14.5. The Morgan fingerprint density at radius 2 is 1.89 bits per heavy atom. The Balaban J connectivity index is 1.67. The molecule has 2 aliphatic rings. The van der Waals surface area contributed by atoms with Crippen molar-refractivity contribution in [2.24, 2.45) is 5.10 Å². The molecule has 0 bridgehead atoms. The summed E-state index contributed by atoms with van der Waals surface area (Å²) < 4.78 is 8.67. The summed E-state index contributed by atoms with van der Waals surface area (Å²) in [4.78, 5) is 1.22. The zero-order chi connectivity index (χ0) is 18.6. The van der Waals surface area contributed by atoms with Crippen molar-refractivity contribution >= 4 is 48.9 Å². The highest BCUT2D eigenvalue weighted by atomic mass is 79.9. The van der Waals surface area contributed by atoms with Crippen LogP contribution in [0.3, 0.4) is 0 Å². The van der Waals surface area contributed by atoms with Crippen LogP contribution in [0.1, 0.15) is 35.4 Å². The third-order valence-electron chi connectivity index (χ3n) is 5.17. The van der Waals surface area contributed by atoms with Crippen LogP contribution in [0, 0.1) is 0 Å². The number of fused-ring (bicyclic) bond motifs is 3. The van der Waals surface area contributed by atoms with E-state index < -0.39 is 5.72 Å². The predicted molar refractivity (Wildman–Crippen MR) is 116 cm³/mol. The van der Waals surface area contributed by atoms with E-state index in [4.69, 9.17) is 9.84 Å². The summed E-state index contributed by atoms with van der Waals surface area (Å²) in [6.45, 7) is 2.11. The molecule has 0 spiro atoms. The second-order valence-electron chi connectivity index (χ2n) is 6.86. The third kappa shape index (κ3) is 2.85. The predicted octanol–water partition coefficient (Wildman–Crippen LogP) is 6.69. The molecule has 0 unspecified atom stereocenters. The van der Waals surface area contributed by atoms with Crippen molar-refractivity contribution < 1.29 is 4.74 Å². The van der Waals surface area contributed by atoms with Crippen LogP contribution in [0.4, 0.5) is 0 Å². The Labute approximate surface area is 178 Å². The van der Waals surface area contributed by atoms with Gasteiger partial charge in [-0.2, -0.15) is 5.10 Å². The molecule has 136 valence electrons. The van der Waals surface area contributed by atoms with Gasteiger partial charge in [-0.3, -0.25) is 0 Å². The first-order chi connectivity index (χ1) is 13.0. The molecule has 6 heteroatoms. The number of halogens is 2. The Bertz CT molecular complexity index is 1030. The molecule has 3 aromatic rings. The molecule has 2 aliphatic heterocycles. The molecule has 0 fully saturated rings. The van der Waals surface area contributed by atoms with Gasteiger partial charge >= 0.3 is 0 Å². The SMILES string of the molecule is C[C@]1(c2ccc(Br)cc2)Oc2ccc(Br)cc2[C@@H]2CC(c3cccs3)=NN21. The monoisotopic (exact) mass is 502 g/mol. The van der Waals surface area contributed by atoms with Crippen molar-refractivity contribution in [2.45, 2.75) is 25.1 Å². The van der Waals surface area contributed by atoms with Crippen LogP contribution in [0.5, 0.6) is 5.75 Å². The molecule has 2 aromatic carbocycles. The van der Waals surface area contributed by atoms with Gasteiger partial charge in [-0.05, 0) is 41.8 Å². The molecule has 0 N–H and O–H groups in total. The van der Waals surface area contributed by atoms with E-state index in [1.807, 2.05) is 6.07 Å². The molecule has 0 amide bonds. The molecule has 3 heterocycles. The fraction of sp³-hybridized carbons (Fsp3) is 0.190. The summed E-state index contributed by atoms with van der Waals surface area (Å²) in [5, 5.41) is 9.28. The van der Waals surface area contributed by atoms with Gasteiger partial charge in [0.15, 0.2) is 0 Å². The number of nitrogens with zero attached hydrogens (tertiary/aromatic N) is 2. The van der Waals surface area contributed by atoms with Gasteiger partial charge < -0.3 is 4.74 Å². The van der Waals surface area contributed by atoms with Gasteiger partial charge in [-0.1, -0.05) is 50.1 Å². The minimum atomic E-state index is -0.662. The summed E-state index contributed by atoms with van der Waals surface area (Å²) in [6, 6.07) is 18.9. The second-order valence-corrected chi connectivity index (χ2v) is 9.64. The average molecular weight is 504 g/mol. The van der Waals surface area contributed by atoms with Crippen LogP contribution in [0.15, 0.2) is 74.0 Å². The molecule has 0 aliphatic carbocycles. The molecule has 3 nitrogen and oxygen atoms in total. The second kappa shape index (κ2) is 6.47. The summed E-state index contributed by atoms with van der Waals surface area (Å²) in [6.07, 6.45) is 0.874. The topological polar surface area (TPSA) is 24.8 Å². The van der Waals surface area contributed by atoms with Crippen molar-refractivity contribution in [1.29, 1.82) is 0 Å². The van der Waals surface area contributed by atoms with Gasteiger partial charge in [-0.25, -0.2) is 5.01 Å². The van der Waals surface area contributed by atoms with E-state index >= 15 is 0 Å². The van der Waals surface area contributed by atoms with Crippen molar-refractivity contribution in [3.63, 3.8) is 0 Å². The molecule has 0 radical (unpaired) electrons. The van der Waals surface area contributed by atoms with Crippen LogP contribution in [0.25, 0.3) is 0 Å². The number of thiophene rings is 1. The maximum Gasteiger partial charge on any atom is 0.221 e. The molecule has 0 saturated heterocycles. The number of rotatable bonds is 2. The average Bonchev–Trinajstić information content (AvgIpc) is 3.33. The lowest BCUT2D eigenvalue weighted by Gasteiger charge is -2.46. The summed E-state index contributed by atoms with van der Waals surface area (Å²) in [5.41, 5.74) is 2.72. The van der Waals surface area contributed by atoms with Crippen LogP contribution in [-0.4, -0.2) is 10.7 Å². The van der Waals surface area contributed by atoms with Gasteiger partial charge in [0.1, 0.15) is 5.75 Å². The molecule has 27 heavy (non-hydrogen) atoms. The first-order valence-corrected chi connectivity index (χ1v) is 11.2. The molecule has 0 saturated carbocycles. The fourth-order valence-corrected chi connectivity index (χ4v) is 5.19.